The van der Waals surface area contributed by atoms with Gasteiger partial charge < -0.3 is 14.7 Å². The fourth-order valence-corrected chi connectivity index (χ4v) is 1.82. The minimum absolute atomic E-state index is 0.0805. The highest BCUT2D eigenvalue weighted by Gasteiger charge is 2.30. The number of aliphatic hydroxyl groups is 1. The van der Waals surface area contributed by atoms with Crippen LogP contribution in [-0.2, 0) is 0 Å². The first-order chi connectivity index (χ1) is 8.56. The van der Waals surface area contributed by atoms with E-state index in [0.717, 1.165) is 18.7 Å². The molecule has 100 valence electrons. The van der Waals surface area contributed by atoms with Gasteiger partial charge in [-0.15, -0.1) is 0 Å². The fourth-order valence-electron chi connectivity index (χ4n) is 1.82. The average molecular weight is 251 g/mol. The summed E-state index contributed by atoms with van der Waals surface area (Å²) in [5.41, 5.74) is 0. The van der Waals surface area contributed by atoms with E-state index in [1.54, 1.807) is 12.4 Å². The second-order valence-corrected chi connectivity index (χ2v) is 5.17. The minimum Gasteiger partial charge on any atom is -0.474 e. The van der Waals surface area contributed by atoms with Crippen molar-refractivity contribution in [2.45, 2.75) is 38.9 Å². The monoisotopic (exact) mass is 251 g/mol. The van der Waals surface area contributed by atoms with Crippen molar-refractivity contribution in [2.75, 3.05) is 18.5 Å². The van der Waals surface area contributed by atoms with Crippen molar-refractivity contribution < 1.29 is 9.84 Å². The first-order valence-corrected chi connectivity index (χ1v) is 6.44. The smallest absolute Gasteiger partial charge is 0.234 e. The Morgan fingerprint density at radius 3 is 2.78 bits per heavy atom. The lowest BCUT2D eigenvalue weighted by molar-refractivity contribution is 0.158. The number of hydrogen-bond donors (Lipinski definition) is 1. The van der Waals surface area contributed by atoms with E-state index in [2.05, 4.69) is 9.97 Å². The number of nitrogens with zero attached hydrogens (tertiary/aromatic N) is 3. The van der Waals surface area contributed by atoms with Gasteiger partial charge in [0.05, 0.1) is 24.6 Å². The number of likely N-dealkylation sites (N-methyl/N-ethyl adjacent to an activating group) is 1. The third kappa shape index (κ3) is 3.57. The van der Waals surface area contributed by atoms with Gasteiger partial charge in [0.2, 0.25) is 5.88 Å². The highest BCUT2D eigenvalue weighted by Crippen LogP contribution is 2.33. The molecular weight excluding hydrogens is 230 g/mol. The zero-order valence-electron chi connectivity index (χ0n) is 11.2. The van der Waals surface area contributed by atoms with Crippen LogP contribution in [-0.4, -0.2) is 40.9 Å². The summed E-state index contributed by atoms with van der Waals surface area (Å²) in [7, 11) is 1.91. The number of aliphatic hydroxyl groups excluding tert-OH is 1. The molecule has 2 rings (SSSR count). The summed E-state index contributed by atoms with van der Waals surface area (Å²) in [5.74, 6) is 1.72. The van der Waals surface area contributed by atoms with Gasteiger partial charge in [0.25, 0.3) is 0 Å². The molecule has 1 heterocycles. The number of hydrogen-bond acceptors (Lipinski definition) is 5. The van der Waals surface area contributed by atoms with Gasteiger partial charge in [-0.25, -0.2) is 0 Å². The van der Waals surface area contributed by atoms with E-state index in [4.69, 9.17) is 4.74 Å². The molecule has 1 saturated carbocycles. The van der Waals surface area contributed by atoms with E-state index < -0.39 is 0 Å². The summed E-state index contributed by atoms with van der Waals surface area (Å²) in [4.78, 5) is 10.4. The van der Waals surface area contributed by atoms with Gasteiger partial charge in [-0.3, -0.25) is 4.98 Å². The largest absolute Gasteiger partial charge is 0.474 e. The first-order valence-electron chi connectivity index (χ1n) is 6.44. The maximum absolute atomic E-state index is 9.91. The molecule has 1 aromatic rings. The Labute approximate surface area is 108 Å². The van der Waals surface area contributed by atoms with E-state index in [1.165, 1.54) is 0 Å². The van der Waals surface area contributed by atoms with E-state index in [9.17, 15) is 5.11 Å². The lowest BCUT2D eigenvalue weighted by Crippen LogP contribution is -2.31. The van der Waals surface area contributed by atoms with E-state index in [-0.39, 0.29) is 12.2 Å². The minimum atomic E-state index is -0.272. The summed E-state index contributed by atoms with van der Waals surface area (Å²) >= 11 is 0. The molecule has 1 aliphatic carbocycles. The number of ether oxygens (including phenoxy) is 1. The van der Waals surface area contributed by atoms with Crippen LogP contribution < -0.4 is 9.64 Å². The molecule has 1 unspecified atom stereocenters. The van der Waals surface area contributed by atoms with Gasteiger partial charge in [-0.1, -0.05) is 0 Å². The van der Waals surface area contributed by atoms with Crippen molar-refractivity contribution in [1.82, 2.24) is 9.97 Å². The maximum atomic E-state index is 9.91. The van der Waals surface area contributed by atoms with Crippen LogP contribution in [0.5, 0.6) is 5.88 Å². The SMILES string of the molecule is CC(C)Oc1cncc(N(C)CC(O)C2CC2)n1. The molecule has 1 fully saturated rings. The molecule has 0 spiro atoms. The van der Waals surface area contributed by atoms with Crippen LogP contribution in [0.25, 0.3) is 0 Å². The maximum Gasteiger partial charge on any atom is 0.234 e. The third-order valence-corrected chi connectivity index (χ3v) is 2.97. The van der Waals surface area contributed by atoms with Crippen molar-refractivity contribution in [3.05, 3.63) is 12.4 Å². The molecule has 0 saturated heterocycles. The van der Waals surface area contributed by atoms with Gasteiger partial charge in [-0.2, -0.15) is 4.98 Å². The van der Waals surface area contributed by atoms with Crippen LogP contribution in [0.4, 0.5) is 5.82 Å². The zero-order valence-corrected chi connectivity index (χ0v) is 11.2. The molecule has 0 aromatic carbocycles. The molecule has 5 nitrogen and oxygen atoms in total. The van der Waals surface area contributed by atoms with Crippen molar-refractivity contribution >= 4 is 5.82 Å². The molecule has 1 atom stereocenters. The highest BCUT2D eigenvalue weighted by molar-refractivity contribution is 5.36. The van der Waals surface area contributed by atoms with Crippen molar-refractivity contribution in [2.24, 2.45) is 5.92 Å². The fraction of sp³-hybridized carbons (Fsp3) is 0.692. The van der Waals surface area contributed by atoms with E-state index >= 15 is 0 Å². The second-order valence-electron chi connectivity index (χ2n) is 5.17. The zero-order chi connectivity index (χ0) is 13.1. The normalized spacial score (nSPS) is 16.7. The lowest BCUT2D eigenvalue weighted by atomic mass is 10.2. The van der Waals surface area contributed by atoms with Gasteiger partial charge >= 0.3 is 0 Å². The van der Waals surface area contributed by atoms with Gasteiger partial charge in [0, 0.05) is 13.6 Å². The summed E-state index contributed by atoms with van der Waals surface area (Å²) in [6.45, 7) is 4.49. The molecule has 5 heteroatoms. The number of anilines is 1. The Bertz CT molecular complexity index is 394. The molecule has 1 N–H and O–H groups in total. The van der Waals surface area contributed by atoms with Crippen LogP contribution in [0.15, 0.2) is 12.4 Å². The summed E-state index contributed by atoms with van der Waals surface area (Å²) in [6.07, 6.45) is 5.37. The summed E-state index contributed by atoms with van der Waals surface area (Å²) in [6, 6.07) is 0. The molecule has 0 amide bonds. The van der Waals surface area contributed by atoms with Gasteiger partial charge in [0.1, 0.15) is 0 Å². The quantitative estimate of drug-likeness (QED) is 0.829. The van der Waals surface area contributed by atoms with Crippen molar-refractivity contribution in [3.8, 4) is 5.88 Å². The Morgan fingerprint density at radius 1 is 1.44 bits per heavy atom. The Hall–Kier alpha value is -1.36. The Morgan fingerprint density at radius 2 is 2.17 bits per heavy atom. The summed E-state index contributed by atoms with van der Waals surface area (Å²) < 4.78 is 5.51. The highest BCUT2D eigenvalue weighted by atomic mass is 16.5. The van der Waals surface area contributed by atoms with E-state index in [1.807, 2.05) is 25.8 Å². The van der Waals surface area contributed by atoms with Crippen LogP contribution in [0.2, 0.25) is 0 Å². The molecule has 0 radical (unpaired) electrons. The number of rotatable bonds is 6. The van der Waals surface area contributed by atoms with Crippen LogP contribution in [0.1, 0.15) is 26.7 Å². The standard InChI is InChI=1S/C13H21N3O2/c1-9(2)18-13-7-14-6-12(15-13)16(3)8-11(17)10-4-5-10/h6-7,9-11,17H,4-5,8H2,1-3H3. The molecule has 0 aliphatic heterocycles. The van der Waals surface area contributed by atoms with Crippen molar-refractivity contribution in [1.29, 1.82) is 0 Å². The molecule has 1 aliphatic rings. The Kier molecular flexibility index (Phi) is 4.01. The molecule has 1 aromatic heterocycles. The van der Waals surface area contributed by atoms with E-state index in [0.29, 0.717) is 18.3 Å². The van der Waals surface area contributed by atoms with Crippen LogP contribution >= 0.6 is 0 Å². The van der Waals surface area contributed by atoms with Gasteiger partial charge in [0.15, 0.2) is 5.82 Å². The third-order valence-electron chi connectivity index (χ3n) is 2.97. The second kappa shape index (κ2) is 5.52. The predicted octanol–water partition coefficient (Wildman–Crippen LogP) is 1.47. The predicted molar refractivity (Wildman–Crippen MR) is 69.8 cm³/mol. The Balaban J connectivity index is 1.97. The molecule has 18 heavy (non-hydrogen) atoms. The molecule has 0 bridgehead atoms. The average Bonchev–Trinajstić information content (AvgIpc) is 3.12. The summed E-state index contributed by atoms with van der Waals surface area (Å²) in [5, 5.41) is 9.91. The lowest BCUT2D eigenvalue weighted by Gasteiger charge is -2.21. The van der Waals surface area contributed by atoms with Gasteiger partial charge in [-0.05, 0) is 32.6 Å². The van der Waals surface area contributed by atoms with Crippen LogP contribution in [0.3, 0.4) is 0 Å². The molecular formula is C13H21N3O2. The topological polar surface area (TPSA) is 58.5 Å². The first kappa shape index (κ1) is 13.1. The van der Waals surface area contributed by atoms with Crippen molar-refractivity contribution in [3.63, 3.8) is 0 Å². The number of aromatic nitrogens is 2. The van der Waals surface area contributed by atoms with Crippen LogP contribution in [0, 0.1) is 5.92 Å².